The second-order valence-electron chi connectivity index (χ2n) is 10.6. The monoisotopic (exact) mass is 452 g/mol. The predicted octanol–water partition coefficient (Wildman–Crippen LogP) is 5.50. The number of nitrogens with zero attached hydrogens (tertiary/aromatic N) is 2. The van der Waals surface area contributed by atoms with Gasteiger partial charge in [-0.3, -0.25) is 4.79 Å². The Kier molecular flexibility index (Phi) is 6.30. The number of allylic oxidation sites excluding steroid dienone is 2. The van der Waals surface area contributed by atoms with Gasteiger partial charge in [-0.2, -0.15) is 0 Å². The number of esters is 1. The van der Waals surface area contributed by atoms with E-state index in [1.54, 1.807) is 18.6 Å². The molecular formula is C27H36N2O4. The average Bonchev–Trinajstić information content (AvgIpc) is 3.25. The van der Waals surface area contributed by atoms with Crippen LogP contribution in [0.15, 0.2) is 42.5 Å². The smallest absolute Gasteiger partial charge is 0.315 e. The average molecular weight is 453 g/mol. The number of carbonyl (C=O) groups is 1. The molecule has 1 aliphatic heterocycles. The molecule has 1 aliphatic carbocycles. The molecule has 0 radical (unpaired) electrons. The summed E-state index contributed by atoms with van der Waals surface area (Å²) in [4.78, 5) is 17.0. The molecular weight excluding hydrogens is 416 g/mol. The summed E-state index contributed by atoms with van der Waals surface area (Å²) >= 11 is 0. The fraction of sp³-hybridized carbons (Fsp3) is 0.556. The van der Waals surface area contributed by atoms with Crippen molar-refractivity contribution in [2.24, 2.45) is 5.92 Å². The van der Waals surface area contributed by atoms with Gasteiger partial charge in [0.15, 0.2) is 0 Å². The molecule has 2 heterocycles. The lowest BCUT2D eigenvalue weighted by molar-refractivity contribution is -0.149. The van der Waals surface area contributed by atoms with Gasteiger partial charge in [0.25, 0.3) is 0 Å². The van der Waals surface area contributed by atoms with E-state index in [0.29, 0.717) is 23.8 Å². The highest BCUT2D eigenvalue weighted by Crippen LogP contribution is 2.54. The Labute approximate surface area is 196 Å². The van der Waals surface area contributed by atoms with E-state index < -0.39 is 5.41 Å². The van der Waals surface area contributed by atoms with Crippen LogP contribution in [0.25, 0.3) is 0 Å². The summed E-state index contributed by atoms with van der Waals surface area (Å²) in [7, 11) is 0. The molecule has 2 aromatic rings. The van der Waals surface area contributed by atoms with Crippen LogP contribution in [0.3, 0.4) is 0 Å². The first-order valence-electron chi connectivity index (χ1n) is 11.9. The quantitative estimate of drug-likeness (QED) is 0.341. The lowest BCUT2D eigenvalue weighted by Gasteiger charge is -2.47. The summed E-state index contributed by atoms with van der Waals surface area (Å²) in [6.45, 7) is 11.3. The number of carbonyl (C=O) groups excluding carboxylic acids is 1. The molecule has 2 aliphatic rings. The zero-order valence-electron chi connectivity index (χ0n) is 20.4. The summed E-state index contributed by atoms with van der Waals surface area (Å²) in [5, 5.41) is 11.1. The van der Waals surface area contributed by atoms with Gasteiger partial charge in [-0.05, 0) is 78.0 Å². The number of fused-ring (bicyclic) bond motifs is 3. The van der Waals surface area contributed by atoms with E-state index in [4.69, 9.17) is 9.47 Å². The Morgan fingerprint density at radius 1 is 1.33 bits per heavy atom. The van der Waals surface area contributed by atoms with Crippen LogP contribution in [0.4, 0.5) is 0 Å². The van der Waals surface area contributed by atoms with Crippen molar-refractivity contribution in [1.29, 1.82) is 0 Å². The van der Waals surface area contributed by atoms with Crippen molar-refractivity contribution in [3.8, 4) is 11.5 Å². The maximum Gasteiger partial charge on any atom is 0.315 e. The van der Waals surface area contributed by atoms with Gasteiger partial charge in [0.05, 0.1) is 18.3 Å². The molecule has 0 fully saturated rings. The third-order valence-electron chi connectivity index (χ3n) is 7.34. The van der Waals surface area contributed by atoms with Crippen molar-refractivity contribution < 1.29 is 19.4 Å². The van der Waals surface area contributed by atoms with Gasteiger partial charge < -0.3 is 19.1 Å². The van der Waals surface area contributed by atoms with Gasteiger partial charge >= 0.3 is 5.97 Å². The number of ether oxygens (including phenoxy) is 2. The Bertz CT molecular complexity index is 1040. The molecule has 4 rings (SSSR count). The van der Waals surface area contributed by atoms with Crippen molar-refractivity contribution in [1.82, 2.24) is 9.55 Å². The molecule has 1 aromatic heterocycles. The minimum Gasteiger partial charge on any atom is -0.508 e. The number of aryl methyl sites for hydroxylation is 1. The number of benzene rings is 1. The molecule has 2 atom stereocenters. The van der Waals surface area contributed by atoms with Crippen molar-refractivity contribution in [3.05, 3.63) is 53.6 Å². The highest BCUT2D eigenvalue weighted by atomic mass is 16.5. The van der Waals surface area contributed by atoms with E-state index in [-0.39, 0.29) is 23.2 Å². The summed E-state index contributed by atoms with van der Waals surface area (Å²) in [5.74, 6) is 1.13. The topological polar surface area (TPSA) is 73.6 Å². The van der Waals surface area contributed by atoms with E-state index >= 15 is 0 Å². The number of rotatable bonds is 7. The van der Waals surface area contributed by atoms with Crippen molar-refractivity contribution in [2.75, 3.05) is 6.61 Å². The van der Waals surface area contributed by atoms with Crippen LogP contribution in [-0.4, -0.2) is 32.8 Å². The minimum absolute atomic E-state index is 0.212. The van der Waals surface area contributed by atoms with Crippen LogP contribution in [-0.2, 0) is 21.5 Å². The fourth-order valence-electron chi connectivity index (χ4n) is 5.20. The van der Waals surface area contributed by atoms with Gasteiger partial charge in [0.2, 0.25) is 0 Å². The normalized spacial score (nSPS) is 21.4. The molecule has 0 unspecified atom stereocenters. The number of aromatic hydroxyl groups is 1. The number of unbranched alkanes of at least 4 members (excludes halogenated alkanes) is 1. The van der Waals surface area contributed by atoms with Crippen LogP contribution >= 0.6 is 0 Å². The molecule has 0 bridgehead atoms. The van der Waals surface area contributed by atoms with Crippen LogP contribution in [0, 0.1) is 5.92 Å². The largest absolute Gasteiger partial charge is 0.508 e. The molecule has 6 heteroatoms. The van der Waals surface area contributed by atoms with Crippen molar-refractivity contribution in [3.63, 3.8) is 0 Å². The number of hydrogen-bond acceptors (Lipinski definition) is 5. The Morgan fingerprint density at radius 2 is 2.12 bits per heavy atom. The number of phenolic OH excluding ortho intramolecular Hbond substituents is 1. The number of aromatic nitrogens is 2. The number of imidazole rings is 1. The first-order valence-corrected chi connectivity index (χ1v) is 11.9. The van der Waals surface area contributed by atoms with E-state index in [0.717, 1.165) is 37.8 Å². The van der Waals surface area contributed by atoms with E-state index in [1.165, 1.54) is 5.57 Å². The molecule has 0 saturated carbocycles. The highest BCUT2D eigenvalue weighted by molar-refractivity contribution is 5.82. The fourth-order valence-corrected chi connectivity index (χ4v) is 5.20. The summed E-state index contributed by atoms with van der Waals surface area (Å²) in [6.07, 6.45) is 11.3. The van der Waals surface area contributed by atoms with E-state index in [1.807, 2.05) is 30.7 Å². The summed E-state index contributed by atoms with van der Waals surface area (Å²) in [5.41, 5.74) is 1.68. The second-order valence-corrected chi connectivity index (χ2v) is 10.6. The Hall–Kier alpha value is -2.76. The predicted molar refractivity (Wildman–Crippen MR) is 127 cm³/mol. The van der Waals surface area contributed by atoms with E-state index in [9.17, 15) is 9.90 Å². The SMILES string of the molecule is CC1=CC[C@@H]2[C@@H](C1)c1c(O)cc(C(C)(C)C(=O)OCCCCn3ccnc3)cc1OC2(C)C. The summed E-state index contributed by atoms with van der Waals surface area (Å²) < 4.78 is 14.0. The minimum atomic E-state index is -0.899. The van der Waals surface area contributed by atoms with Crippen LogP contribution < -0.4 is 4.74 Å². The molecule has 178 valence electrons. The molecule has 0 saturated heterocycles. The summed E-state index contributed by atoms with van der Waals surface area (Å²) in [6, 6.07) is 3.66. The molecule has 6 nitrogen and oxygen atoms in total. The Balaban J connectivity index is 1.48. The lowest BCUT2D eigenvalue weighted by atomic mass is 9.67. The maximum atomic E-state index is 13.0. The lowest BCUT2D eigenvalue weighted by Crippen LogP contribution is -2.45. The number of hydrogen-bond donors (Lipinski definition) is 1. The van der Waals surface area contributed by atoms with E-state index in [2.05, 4.69) is 31.8 Å². The molecule has 1 aromatic carbocycles. The van der Waals surface area contributed by atoms with Crippen LogP contribution in [0.5, 0.6) is 11.5 Å². The van der Waals surface area contributed by atoms with Crippen molar-refractivity contribution >= 4 is 5.97 Å². The highest BCUT2D eigenvalue weighted by Gasteiger charge is 2.46. The van der Waals surface area contributed by atoms with Gasteiger partial charge in [-0.25, -0.2) is 4.98 Å². The molecule has 0 amide bonds. The van der Waals surface area contributed by atoms with Gasteiger partial charge in [0.1, 0.15) is 17.1 Å². The zero-order valence-corrected chi connectivity index (χ0v) is 20.4. The zero-order chi connectivity index (χ0) is 23.8. The first kappa shape index (κ1) is 23.4. The molecule has 33 heavy (non-hydrogen) atoms. The van der Waals surface area contributed by atoms with Gasteiger partial charge in [-0.15, -0.1) is 0 Å². The van der Waals surface area contributed by atoms with Crippen molar-refractivity contribution in [2.45, 2.75) is 83.8 Å². The van der Waals surface area contributed by atoms with Crippen LogP contribution in [0.2, 0.25) is 0 Å². The molecule has 1 N–H and O–H groups in total. The van der Waals surface area contributed by atoms with Gasteiger partial charge in [0, 0.05) is 36.3 Å². The Morgan fingerprint density at radius 3 is 2.85 bits per heavy atom. The van der Waals surface area contributed by atoms with Gasteiger partial charge in [-0.1, -0.05) is 11.6 Å². The third-order valence-corrected chi connectivity index (χ3v) is 7.34. The number of phenols is 1. The second kappa shape index (κ2) is 8.88. The van der Waals surface area contributed by atoms with Crippen LogP contribution in [0.1, 0.15) is 77.3 Å². The maximum absolute atomic E-state index is 13.0. The standard InChI is InChI=1S/C27H36N2O4/c1-18-8-9-21-20(14-18)24-22(30)15-19(16-23(24)33-27(21,4)5)26(2,3)25(31)32-13-7-6-11-29-12-10-28-17-29/h8,10,12,15-17,20-21,30H,6-7,9,11,13-14H2,1-5H3/t20-,21-/m1/s1. The third kappa shape index (κ3) is 4.66. The molecule has 0 spiro atoms. The first-order chi connectivity index (χ1) is 15.6.